The Hall–Kier alpha value is -2.04. The number of hydrogen-bond acceptors (Lipinski definition) is 3. The zero-order valence-corrected chi connectivity index (χ0v) is 14.8. The summed E-state index contributed by atoms with van der Waals surface area (Å²) in [6, 6.07) is 7.62. The molecule has 1 saturated heterocycles. The third-order valence-corrected chi connectivity index (χ3v) is 4.44. The Kier molecular flexibility index (Phi) is 7.09. The first-order chi connectivity index (χ1) is 11.6. The number of nitrogens with zero attached hydrogens (tertiary/aromatic N) is 2. The quantitative estimate of drug-likeness (QED) is 0.804. The van der Waals surface area contributed by atoms with E-state index in [4.69, 9.17) is 4.74 Å². The van der Waals surface area contributed by atoms with Gasteiger partial charge in [-0.2, -0.15) is 0 Å². The van der Waals surface area contributed by atoms with Crippen LogP contribution in [-0.2, 0) is 16.0 Å². The third-order valence-electron chi connectivity index (χ3n) is 4.44. The van der Waals surface area contributed by atoms with Gasteiger partial charge in [0.25, 0.3) is 0 Å². The molecular formula is C19H28N2O3. The van der Waals surface area contributed by atoms with Crippen molar-refractivity contribution in [3.8, 4) is 5.75 Å². The van der Waals surface area contributed by atoms with E-state index >= 15 is 0 Å². The topological polar surface area (TPSA) is 49.9 Å². The molecule has 0 aliphatic carbocycles. The number of hydrogen-bond donors (Lipinski definition) is 0. The zero-order valence-electron chi connectivity index (χ0n) is 14.8. The van der Waals surface area contributed by atoms with Crippen molar-refractivity contribution in [3.63, 3.8) is 0 Å². The van der Waals surface area contributed by atoms with E-state index < -0.39 is 0 Å². The van der Waals surface area contributed by atoms with Crippen molar-refractivity contribution in [1.82, 2.24) is 9.80 Å². The van der Waals surface area contributed by atoms with Crippen molar-refractivity contribution in [2.75, 3.05) is 33.3 Å². The van der Waals surface area contributed by atoms with Crippen molar-refractivity contribution in [1.29, 1.82) is 0 Å². The molecule has 0 N–H and O–H groups in total. The molecule has 0 aromatic heterocycles. The van der Waals surface area contributed by atoms with Gasteiger partial charge in [-0.05, 0) is 30.5 Å². The van der Waals surface area contributed by atoms with E-state index in [0.29, 0.717) is 25.9 Å². The summed E-state index contributed by atoms with van der Waals surface area (Å²) in [4.78, 5) is 28.5. The summed E-state index contributed by atoms with van der Waals surface area (Å²) in [5.41, 5.74) is 0.958. The fourth-order valence-electron chi connectivity index (χ4n) is 2.97. The van der Waals surface area contributed by atoms with Gasteiger partial charge in [-0.3, -0.25) is 9.59 Å². The van der Waals surface area contributed by atoms with Crippen molar-refractivity contribution >= 4 is 11.8 Å². The standard InChI is InChI=1S/C19H28N2O3/c1-3-4-9-18(22)20-10-6-11-21(13-12-20)19(23)15-16-7-5-8-17(14-16)24-2/h5,7-8,14H,3-4,6,9-13,15H2,1-2H3. The molecule has 24 heavy (non-hydrogen) atoms. The molecular weight excluding hydrogens is 304 g/mol. The van der Waals surface area contributed by atoms with Crippen LogP contribution < -0.4 is 4.74 Å². The molecule has 5 nitrogen and oxygen atoms in total. The molecule has 2 amide bonds. The number of carbonyl (C=O) groups is 2. The fraction of sp³-hybridized carbons (Fsp3) is 0.579. The van der Waals surface area contributed by atoms with Gasteiger partial charge in [0.15, 0.2) is 0 Å². The fourth-order valence-corrected chi connectivity index (χ4v) is 2.97. The van der Waals surface area contributed by atoms with E-state index in [0.717, 1.165) is 43.7 Å². The van der Waals surface area contributed by atoms with Crippen LogP contribution in [0.2, 0.25) is 0 Å². The molecule has 5 heteroatoms. The number of rotatable bonds is 6. The molecule has 0 radical (unpaired) electrons. The number of benzene rings is 1. The van der Waals surface area contributed by atoms with Gasteiger partial charge in [0.05, 0.1) is 13.5 Å². The maximum atomic E-state index is 12.6. The van der Waals surface area contributed by atoms with Gasteiger partial charge in [-0.1, -0.05) is 25.5 Å². The summed E-state index contributed by atoms with van der Waals surface area (Å²) in [5.74, 6) is 1.11. The highest BCUT2D eigenvalue weighted by atomic mass is 16.5. The second kappa shape index (κ2) is 9.30. The van der Waals surface area contributed by atoms with E-state index in [9.17, 15) is 9.59 Å². The number of carbonyl (C=O) groups excluding carboxylic acids is 2. The van der Waals surface area contributed by atoms with Crippen molar-refractivity contribution in [2.45, 2.75) is 39.0 Å². The molecule has 2 rings (SSSR count). The minimum Gasteiger partial charge on any atom is -0.497 e. The van der Waals surface area contributed by atoms with Gasteiger partial charge in [-0.15, -0.1) is 0 Å². The minimum atomic E-state index is 0.117. The molecule has 1 aliphatic heterocycles. The average Bonchev–Trinajstić information content (AvgIpc) is 2.86. The third kappa shape index (κ3) is 5.25. The Bertz CT molecular complexity index is 559. The highest BCUT2D eigenvalue weighted by Crippen LogP contribution is 2.15. The summed E-state index contributed by atoms with van der Waals surface area (Å²) in [5, 5.41) is 0. The molecule has 0 saturated carbocycles. The number of ether oxygens (including phenoxy) is 1. The predicted octanol–water partition coefficient (Wildman–Crippen LogP) is 2.49. The van der Waals surface area contributed by atoms with E-state index in [1.54, 1.807) is 7.11 Å². The second-order valence-corrected chi connectivity index (χ2v) is 6.25. The Morgan fingerprint density at radius 3 is 2.46 bits per heavy atom. The largest absolute Gasteiger partial charge is 0.497 e. The van der Waals surface area contributed by atoms with Gasteiger partial charge in [-0.25, -0.2) is 0 Å². The predicted molar refractivity (Wildman–Crippen MR) is 94.0 cm³/mol. The summed E-state index contributed by atoms with van der Waals surface area (Å²) < 4.78 is 5.21. The zero-order chi connectivity index (χ0) is 17.4. The van der Waals surface area contributed by atoms with Crippen molar-refractivity contribution in [3.05, 3.63) is 29.8 Å². The Balaban J connectivity index is 1.88. The van der Waals surface area contributed by atoms with Crippen molar-refractivity contribution in [2.24, 2.45) is 0 Å². The lowest BCUT2D eigenvalue weighted by Gasteiger charge is -2.22. The Morgan fingerprint density at radius 2 is 1.79 bits per heavy atom. The maximum absolute atomic E-state index is 12.6. The van der Waals surface area contributed by atoms with E-state index in [1.807, 2.05) is 34.1 Å². The van der Waals surface area contributed by atoms with Crippen LogP contribution in [0.1, 0.15) is 38.2 Å². The van der Waals surface area contributed by atoms with Crippen LogP contribution in [0.15, 0.2) is 24.3 Å². The molecule has 0 unspecified atom stereocenters. The van der Waals surface area contributed by atoms with E-state index in [1.165, 1.54) is 0 Å². The van der Waals surface area contributed by atoms with Crippen LogP contribution in [0, 0.1) is 0 Å². The monoisotopic (exact) mass is 332 g/mol. The first-order valence-corrected chi connectivity index (χ1v) is 8.82. The minimum absolute atomic E-state index is 0.117. The van der Waals surface area contributed by atoms with Crippen LogP contribution >= 0.6 is 0 Å². The lowest BCUT2D eigenvalue weighted by Crippen LogP contribution is -2.37. The normalized spacial score (nSPS) is 15.1. The van der Waals surface area contributed by atoms with E-state index in [-0.39, 0.29) is 11.8 Å². The Labute approximate surface area is 144 Å². The van der Waals surface area contributed by atoms with Gasteiger partial charge in [0.1, 0.15) is 5.75 Å². The van der Waals surface area contributed by atoms with Gasteiger partial charge in [0, 0.05) is 32.6 Å². The van der Waals surface area contributed by atoms with Crippen LogP contribution in [0.3, 0.4) is 0 Å². The highest BCUT2D eigenvalue weighted by Gasteiger charge is 2.21. The number of methoxy groups -OCH3 is 1. The first kappa shape index (κ1) is 18.3. The highest BCUT2D eigenvalue weighted by molar-refractivity contribution is 5.79. The van der Waals surface area contributed by atoms with Crippen molar-refractivity contribution < 1.29 is 14.3 Å². The van der Waals surface area contributed by atoms with Crippen LogP contribution in [0.4, 0.5) is 0 Å². The summed E-state index contributed by atoms with van der Waals surface area (Å²) in [6.07, 6.45) is 3.81. The molecule has 1 aliphatic rings. The molecule has 0 bridgehead atoms. The smallest absolute Gasteiger partial charge is 0.227 e. The molecule has 1 aromatic rings. The summed E-state index contributed by atoms with van der Waals surface area (Å²) in [7, 11) is 1.62. The van der Waals surface area contributed by atoms with Gasteiger partial charge >= 0.3 is 0 Å². The molecule has 1 aromatic carbocycles. The first-order valence-electron chi connectivity index (χ1n) is 8.82. The van der Waals surface area contributed by atoms with Crippen LogP contribution in [0.5, 0.6) is 5.75 Å². The van der Waals surface area contributed by atoms with Gasteiger partial charge < -0.3 is 14.5 Å². The average molecular weight is 332 g/mol. The molecule has 0 spiro atoms. The maximum Gasteiger partial charge on any atom is 0.227 e. The molecule has 132 valence electrons. The van der Waals surface area contributed by atoms with Gasteiger partial charge in [0.2, 0.25) is 11.8 Å². The lowest BCUT2D eigenvalue weighted by atomic mass is 10.1. The summed E-state index contributed by atoms with van der Waals surface area (Å²) >= 11 is 0. The molecule has 1 heterocycles. The number of amides is 2. The van der Waals surface area contributed by atoms with E-state index in [2.05, 4.69) is 6.92 Å². The van der Waals surface area contributed by atoms with Crippen LogP contribution in [-0.4, -0.2) is 54.9 Å². The lowest BCUT2D eigenvalue weighted by molar-refractivity contribution is -0.133. The second-order valence-electron chi connectivity index (χ2n) is 6.25. The van der Waals surface area contributed by atoms with Crippen LogP contribution in [0.25, 0.3) is 0 Å². The number of unbranched alkanes of at least 4 members (excludes halogenated alkanes) is 1. The Morgan fingerprint density at radius 1 is 1.08 bits per heavy atom. The SMILES string of the molecule is CCCCC(=O)N1CCCN(C(=O)Cc2cccc(OC)c2)CC1. The molecule has 0 atom stereocenters. The molecule has 1 fully saturated rings. The summed E-state index contributed by atoms with van der Waals surface area (Å²) in [6.45, 7) is 4.84.